The summed E-state index contributed by atoms with van der Waals surface area (Å²) in [4.78, 5) is 0. The van der Waals surface area contributed by atoms with E-state index in [9.17, 15) is 21.6 Å². The van der Waals surface area contributed by atoms with Gasteiger partial charge in [0.25, 0.3) is 0 Å². The second-order valence-electron chi connectivity index (χ2n) is 5.02. The first-order valence-electron chi connectivity index (χ1n) is 6.64. The average Bonchev–Trinajstić information content (AvgIpc) is 3.20. The molecule has 4 nitrogen and oxygen atoms in total. The first-order valence-corrected chi connectivity index (χ1v) is 8.29. The topological polar surface area (TPSA) is 58.2 Å². The van der Waals surface area contributed by atoms with Crippen molar-refractivity contribution in [2.45, 2.75) is 31.6 Å². The molecule has 1 aliphatic carbocycles. The number of nitrogens with one attached hydrogen (secondary N) is 2. The molecule has 2 N–H and O–H groups in total. The summed E-state index contributed by atoms with van der Waals surface area (Å²) in [7, 11) is -3.59. The minimum Gasteiger partial charge on any atom is -0.313 e. The number of alkyl halides is 3. The third kappa shape index (κ3) is 5.29. The maximum Gasteiger partial charge on any atom is 0.416 e. The maximum absolute atomic E-state index is 12.8. The number of hydrogen-bond acceptors (Lipinski definition) is 3. The molecule has 1 aromatic carbocycles. The molecular weight excluding hydrogens is 305 g/mol. The summed E-state index contributed by atoms with van der Waals surface area (Å²) >= 11 is 0. The first-order chi connectivity index (χ1) is 9.78. The van der Waals surface area contributed by atoms with E-state index in [2.05, 4.69) is 10.0 Å². The summed E-state index contributed by atoms with van der Waals surface area (Å²) in [6, 6.07) is 5.34. The van der Waals surface area contributed by atoms with Crippen LogP contribution in [0.3, 0.4) is 0 Å². The maximum atomic E-state index is 12.8. The Bertz CT molecular complexity index is 583. The van der Waals surface area contributed by atoms with Gasteiger partial charge in [0.2, 0.25) is 10.0 Å². The van der Waals surface area contributed by atoms with Gasteiger partial charge >= 0.3 is 6.18 Å². The number of halogens is 3. The number of rotatable bonds is 7. The molecule has 0 amide bonds. The summed E-state index contributed by atoms with van der Waals surface area (Å²) < 4.78 is 64.0. The van der Waals surface area contributed by atoms with Gasteiger partial charge in [-0.15, -0.1) is 0 Å². The van der Waals surface area contributed by atoms with E-state index < -0.39 is 21.8 Å². The molecule has 2 rings (SSSR count). The van der Waals surface area contributed by atoms with Gasteiger partial charge in [-0.3, -0.25) is 0 Å². The van der Waals surface area contributed by atoms with Crippen molar-refractivity contribution >= 4 is 10.0 Å². The predicted octanol–water partition coefficient (Wildman–Crippen LogP) is 1.88. The van der Waals surface area contributed by atoms with E-state index in [4.69, 9.17) is 0 Å². The van der Waals surface area contributed by atoms with Crippen LogP contribution in [0.1, 0.15) is 24.0 Å². The monoisotopic (exact) mass is 322 g/mol. The molecule has 1 aliphatic rings. The Kier molecular flexibility index (Phi) is 4.90. The van der Waals surface area contributed by atoms with Crippen LogP contribution in [0.2, 0.25) is 0 Å². The molecule has 8 heteroatoms. The highest BCUT2D eigenvalue weighted by molar-refractivity contribution is 7.89. The van der Waals surface area contributed by atoms with Crippen molar-refractivity contribution in [2.75, 3.05) is 12.3 Å². The van der Waals surface area contributed by atoms with E-state index in [1.165, 1.54) is 18.2 Å². The highest BCUT2D eigenvalue weighted by atomic mass is 32.2. The molecule has 0 atom stereocenters. The van der Waals surface area contributed by atoms with E-state index in [1.807, 2.05) is 0 Å². The lowest BCUT2D eigenvalue weighted by Crippen LogP contribution is -2.32. The van der Waals surface area contributed by atoms with Gasteiger partial charge in [-0.25, -0.2) is 13.1 Å². The summed E-state index contributed by atoms with van der Waals surface area (Å²) in [6.07, 6.45) is -2.39. The third-order valence-electron chi connectivity index (χ3n) is 3.19. The van der Waals surface area contributed by atoms with Crippen LogP contribution in [-0.2, 0) is 22.7 Å². The number of hydrogen-bond donors (Lipinski definition) is 2. The lowest BCUT2D eigenvalue weighted by Gasteiger charge is -2.13. The van der Waals surface area contributed by atoms with Crippen LogP contribution in [0.5, 0.6) is 0 Å². The van der Waals surface area contributed by atoms with E-state index in [1.54, 1.807) is 0 Å². The second-order valence-corrected chi connectivity index (χ2v) is 6.95. The predicted molar refractivity (Wildman–Crippen MR) is 73.1 cm³/mol. The molecule has 1 saturated carbocycles. The molecule has 1 fully saturated rings. The summed E-state index contributed by atoms with van der Waals surface area (Å²) in [5.41, 5.74) is -0.896. The molecule has 0 heterocycles. The van der Waals surface area contributed by atoms with E-state index in [0.29, 0.717) is 12.6 Å². The molecule has 0 saturated heterocycles. The average molecular weight is 322 g/mol. The van der Waals surface area contributed by atoms with Gasteiger partial charge in [-0.2, -0.15) is 13.2 Å². The van der Waals surface area contributed by atoms with Gasteiger partial charge < -0.3 is 5.32 Å². The summed E-state index contributed by atoms with van der Waals surface area (Å²) in [6.45, 7) is -0.0532. The van der Waals surface area contributed by atoms with Gasteiger partial charge in [0.05, 0.1) is 11.3 Å². The van der Waals surface area contributed by atoms with Crippen molar-refractivity contribution in [1.29, 1.82) is 0 Å². The highest BCUT2D eigenvalue weighted by Crippen LogP contribution is 2.31. The smallest absolute Gasteiger partial charge is 0.313 e. The van der Waals surface area contributed by atoms with Crippen molar-refractivity contribution in [3.8, 4) is 0 Å². The van der Waals surface area contributed by atoms with Gasteiger partial charge in [0.1, 0.15) is 0 Å². The molecule has 0 aromatic heterocycles. The Balaban J connectivity index is 1.92. The van der Waals surface area contributed by atoms with Crippen molar-refractivity contribution in [1.82, 2.24) is 10.0 Å². The standard InChI is InChI=1S/C13H17F3N2O2S/c14-13(15,16)12-4-2-1-3-10(12)9-18-21(19,20)8-7-17-11-5-6-11/h1-4,11,17-18H,5-9H2. The van der Waals surface area contributed by atoms with Gasteiger partial charge in [-0.1, -0.05) is 18.2 Å². The molecule has 0 spiro atoms. The molecule has 0 radical (unpaired) electrons. The zero-order valence-electron chi connectivity index (χ0n) is 11.3. The normalized spacial score (nSPS) is 16.1. The van der Waals surface area contributed by atoms with Gasteiger partial charge in [0, 0.05) is 19.1 Å². The molecular formula is C13H17F3N2O2S. The molecule has 0 unspecified atom stereocenters. The first kappa shape index (κ1) is 16.3. The largest absolute Gasteiger partial charge is 0.416 e. The van der Waals surface area contributed by atoms with E-state index in [-0.39, 0.29) is 17.9 Å². The second kappa shape index (κ2) is 6.33. The summed E-state index contributed by atoms with van der Waals surface area (Å²) in [5.74, 6) is -0.141. The van der Waals surface area contributed by atoms with Crippen LogP contribution >= 0.6 is 0 Å². The van der Waals surface area contributed by atoms with Crippen LogP contribution in [0.15, 0.2) is 24.3 Å². The Labute approximate surface area is 121 Å². The molecule has 1 aromatic rings. The SMILES string of the molecule is O=S(=O)(CCNC1CC1)NCc1ccccc1C(F)(F)F. The minimum atomic E-state index is -4.49. The van der Waals surface area contributed by atoms with Crippen molar-refractivity contribution in [2.24, 2.45) is 0 Å². The molecule has 0 aliphatic heterocycles. The Morgan fingerprint density at radius 3 is 2.48 bits per heavy atom. The van der Waals surface area contributed by atoms with Crippen molar-refractivity contribution in [3.05, 3.63) is 35.4 Å². The van der Waals surface area contributed by atoms with Crippen molar-refractivity contribution < 1.29 is 21.6 Å². The molecule has 118 valence electrons. The fourth-order valence-corrected chi connectivity index (χ4v) is 2.80. The highest BCUT2D eigenvalue weighted by Gasteiger charge is 2.33. The van der Waals surface area contributed by atoms with Crippen LogP contribution in [0.25, 0.3) is 0 Å². The summed E-state index contributed by atoms with van der Waals surface area (Å²) in [5, 5.41) is 3.05. The van der Waals surface area contributed by atoms with Crippen molar-refractivity contribution in [3.63, 3.8) is 0 Å². The van der Waals surface area contributed by atoms with E-state index >= 15 is 0 Å². The Morgan fingerprint density at radius 1 is 1.19 bits per heavy atom. The van der Waals surface area contributed by atoms with Gasteiger partial charge in [-0.05, 0) is 24.5 Å². The minimum absolute atomic E-state index is 0.0799. The quantitative estimate of drug-likeness (QED) is 0.806. The fraction of sp³-hybridized carbons (Fsp3) is 0.538. The van der Waals surface area contributed by atoms with Gasteiger partial charge in [0.15, 0.2) is 0 Å². The molecule has 0 bridgehead atoms. The molecule has 21 heavy (non-hydrogen) atoms. The van der Waals surface area contributed by atoms with Crippen LogP contribution in [0, 0.1) is 0 Å². The number of sulfonamides is 1. The zero-order valence-corrected chi connectivity index (χ0v) is 12.1. The van der Waals surface area contributed by atoms with Crippen LogP contribution in [-0.4, -0.2) is 26.8 Å². The lowest BCUT2D eigenvalue weighted by atomic mass is 10.1. The lowest BCUT2D eigenvalue weighted by molar-refractivity contribution is -0.138. The van der Waals surface area contributed by atoms with Crippen LogP contribution in [0.4, 0.5) is 13.2 Å². The Hall–Kier alpha value is -1.12. The third-order valence-corrected chi connectivity index (χ3v) is 4.51. The van der Waals surface area contributed by atoms with E-state index in [0.717, 1.165) is 18.9 Å². The Morgan fingerprint density at radius 2 is 1.86 bits per heavy atom. The zero-order chi connectivity index (χ0) is 15.5. The van der Waals surface area contributed by atoms with Crippen LogP contribution < -0.4 is 10.0 Å². The number of benzene rings is 1. The fourth-order valence-electron chi connectivity index (χ4n) is 1.90.